The zero-order chi connectivity index (χ0) is 11.4. The first-order valence-electron chi connectivity index (χ1n) is 4.16. The van der Waals surface area contributed by atoms with E-state index in [-0.39, 0.29) is 5.69 Å². The molecule has 80 valence electrons. The Morgan fingerprint density at radius 2 is 2.20 bits per heavy atom. The van der Waals surface area contributed by atoms with E-state index in [9.17, 15) is 9.59 Å². The van der Waals surface area contributed by atoms with Gasteiger partial charge in [-0.15, -0.1) is 0 Å². The van der Waals surface area contributed by atoms with Crippen molar-refractivity contribution in [2.45, 2.75) is 13.0 Å². The number of pyridine rings is 1. The molecule has 0 spiro atoms. The van der Waals surface area contributed by atoms with Crippen LogP contribution in [0.15, 0.2) is 18.3 Å². The maximum atomic E-state index is 11.4. The zero-order valence-electron chi connectivity index (χ0n) is 7.90. The molecule has 0 radical (unpaired) electrons. The van der Waals surface area contributed by atoms with Gasteiger partial charge in [0.15, 0.2) is 0 Å². The third kappa shape index (κ3) is 3.21. The summed E-state index contributed by atoms with van der Waals surface area (Å²) in [5, 5.41) is 11.3. The first-order valence-corrected chi connectivity index (χ1v) is 4.53. The van der Waals surface area contributed by atoms with Gasteiger partial charge in [0.2, 0.25) is 0 Å². The highest BCUT2D eigenvalue weighted by Gasteiger charge is 2.15. The normalized spacial score (nSPS) is 11.9. The minimum atomic E-state index is -1.10. The minimum Gasteiger partial charge on any atom is -0.480 e. The average Bonchev–Trinajstić information content (AvgIpc) is 2.18. The molecule has 6 heteroatoms. The fourth-order valence-electron chi connectivity index (χ4n) is 0.842. The summed E-state index contributed by atoms with van der Waals surface area (Å²) in [6.45, 7) is 1.37. The summed E-state index contributed by atoms with van der Waals surface area (Å²) >= 11 is 5.58. The SMILES string of the molecule is CC(NC(=O)c1ccc(Cl)cn1)C(=O)O. The molecule has 0 saturated carbocycles. The average molecular weight is 229 g/mol. The van der Waals surface area contributed by atoms with Gasteiger partial charge in [0, 0.05) is 6.20 Å². The Balaban J connectivity index is 2.69. The first-order chi connectivity index (χ1) is 7.00. The van der Waals surface area contributed by atoms with Crippen molar-refractivity contribution in [2.75, 3.05) is 0 Å². The fourth-order valence-corrected chi connectivity index (χ4v) is 0.954. The third-order valence-electron chi connectivity index (χ3n) is 1.68. The maximum Gasteiger partial charge on any atom is 0.325 e. The highest BCUT2D eigenvalue weighted by molar-refractivity contribution is 6.30. The number of carbonyl (C=O) groups excluding carboxylic acids is 1. The van der Waals surface area contributed by atoms with Crippen LogP contribution in [0.3, 0.4) is 0 Å². The minimum absolute atomic E-state index is 0.132. The summed E-state index contributed by atoms with van der Waals surface area (Å²) in [4.78, 5) is 25.6. The Labute approximate surface area is 91.1 Å². The molecule has 0 aliphatic heterocycles. The molecule has 0 aliphatic carbocycles. The van der Waals surface area contributed by atoms with Gasteiger partial charge in [-0.25, -0.2) is 4.98 Å². The molecule has 0 aliphatic rings. The van der Waals surface area contributed by atoms with Crippen LogP contribution >= 0.6 is 11.6 Å². The molecule has 1 heterocycles. The molecule has 0 fully saturated rings. The molecule has 1 unspecified atom stereocenters. The van der Waals surface area contributed by atoms with Crippen molar-refractivity contribution in [1.82, 2.24) is 10.3 Å². The van der Waals surface area contributed by atoms with E-state index in [1.807, 2.05) is 0 Å². The first kappa shape index (κ1) is 11.5. The quantitative estimate of drug-likeness (QED) is 0.807. The Morgan fingerprint density at radius 3 is 2.67 bits per heavy atom. The lowest BCUT2D eigenvalue weighted by molar-refractivity contribution is -0.138. The number of hydrogen-bond donors (Lipinski definition) is 2. The number of aromatic nitrogens is 1. The molecule has 2 N–H and O–H groups in total. The molecule has 15 heavy (non-hydrogen) atoms. The molecule has 1 aromatic heterocycles. The number of aliphatic carboxylic acids is 1. The number of hydrogen-bond acceptors (Lipinski definition) is 3. The molecule has 1 amide bonds. The summed E-state index contributed by atoms with van der Waals surface area (Å²) in [6.07, 6.45) is 1.32. The number of rotatable bonds is 3. The van der Waals surface area contributed by atoms with Gasteiger partial charge in [0.1, 0.15) is 11.7 Å². The Kier molecular flexibility index (Phi) is 3.62. The second-order valence-corrected chi connectivity index (χ2v) is 3.33. The van der Waals surface area contributed by atoms with Gasteiger partial charge in [-0.1, -0.05) is 11.6 Å². The van der Waals surface area contributed by atoms with Crippen LogP contribution in [0.5, 0.6) is 0 Å². The summed E-state index contributed by atoms with van der Waals surface area (Å²) in [5.41, 5.74) is 0.132. The molecule has 1 atom stereocenters. The highest BCUT2D eigenvalue weighted by Crippen LogP contribution is 2.06. The lowest BCUT2D eigenvalue weighted by atomic mass is 10.3. The summed E-state index contributed by atoms with van der Waals surface area (Å²) in [6, 6.07) is 1.98. The number of nitrogens with one attached hydrogen (secondary N) is 1. The van der Waals surface area contributed by atoms with Crippen molar-refractivity contribution in [1.29, 1.82) is 0 Å². The van der Waals surface area contributed by atoms with Crippen LogP contribution in [0.4, 0.5) is 0 Å². The van der Waals surface area contributed by atoms with Crippen LogP contribution in [0.2, 0.25) is 5.02 Å². The zero-order valence-corrected chi connectivity index (χ0v) is 8.65. The highest BCUT2D eigenvalue weighted by atomic mass is 35.5. The van der Waals surface area contributed by atoms with E-state index in [1.165, 1.54) is 25.3 Å². The Morgan fingerprint density at radius 1 is 1.53 bits per heavy atom. The molecular weight excluding hydrogens is 220 g/mol. The van der Waals surface area contributed by atoms with Crippen molar-refractivity contribution >= 4 is 23.5 Å². The molecule has 0 aromatic carbocycles. The monoisotopic (exact) mass is 228 g/mol. The van der Waals surface area contributed by atoms with Crippen LogP contribution in [0.25, 0.3) is 0 Å². The summed E-state index contributed by atoms with van der Waals surface area (Å²) in [5.74, 6) is -1.64. The van der Waals surface area contributed by atoms with Crippen LogP contribution in [-0.4, -0.2) is 28.0 Å². The molecule has 0 bridgehead atoms. The number of halogens is 1. The van der Waals surface area contributed by atoms with Crippen molar-refractivity contribution in [3.63, 3.8) is 0 Å². The van der Waals surface area contributed by atoms with E-state index >= 15 is 0 Å². The van der Waals surface area contributed by atoms with Crippen molar-refractivity contribution in [2.24, 2.45) is 0 Å². The van der Waals surface area contributed by atoms with Crippen LogP contribution in [0.1, 0.15) is 17.4 Å². The number of carbonyl (C=O) groups is 2. The van der Waals surface area contributed by atoms with E-state index in [1.54, 1.807) is 0 Å². The predicted octanol–water partition coefficient (Wildman–Crippen LogP) is 0.938. The number of carboxylic acids is 1. The van der Waals surface area contributed by atoms with Gasteiger partial charge in [-0.05, 0) is 19.1 Å². The lowest BCUT2D eigenvalue weighted by Crippen LogP contribution is -2.38. The van der Waals surface area contributed by atoms with Gasteiger partial charge in [-0.3, -0.25) is 9.59 Å². The van der Waals surface area contributed by atoms with Crippen LogP contribution in [-0.2, 0) is 4.79 Å². The lowest BCUT2D eigenvalue weighted by Gasteiger charge is -2.08. The summed E-state index contributed by atoms with van der Waals surface area (Å²) in [7, 11) is 0. The number of amides is 1. The number of nitrogens with zero attached hydrogens (tertiary/aromatic N) is 1. The number of carboxylic acid groups (broad SMARTS) is 1. The topological polar surface area (TPSA) is 79.3 Å². The van der Waals surface area contributed by atoms with E-state index < -0.39 is 17.9 Å². The second kappa shape index (κ2) is 4.75. The molecule has 5 nitrogen and oxygen atoms in total. The van der Waals surface area contributed by atoms with E-state index in [2.05, 4.69) is 10.3 Å². The van der Waals surface area contributed by atoms with Gasteiger partial charge in [0.05, 0.1) is 5.02 Å². The van der Waals surface area contributed by atoms with E-state index in [0.29, 0.717) is 5.02 Å². The van der Waals surface area contributed by atoms with Gasteiger partial charge in [0.25, 0.3) is 5.91 Å². The standard InChI is InChI=1S/C9H9ClN2O3/c1-5(9(14)15)12-8(13)7-3-2-6(10)4-11-7/h2-5H,1H3,(H,12,13)(H,14,15). The second-order valence-electron chi connectivity index (χ2n) is 2.90. The summed E-state index contributed by atoms with van der Waals surface area (Å²) < 4.78 is 0. The van der Waals surface area contributed by atoms with Crippen molar-refractivity contribution < 1.29 is 14.7 Å². The Hall–Kier alpha value is -1.62. The Bertz CT molecular complexity index is 377. The van der Waals surface area contributed by atoms with E-state index in [4.69, 9.17) is 16.7 Å². The predicted molar refractivity (Wildman–Crippen MR) is 53.8 cm³/mol. The fraction of sp³-hybridized carbons (Fsp3) is 0.222. The van der Waals surface area contributed by atoms with Gasteiger partial charge < -0.3 is 10.4 Å². The smallest absolute Gasteiger partial charge is 0.325 e. The molecular formula is C9H9ClN2O3. The maximum absolute atomic E-state index is 11.4. The molecule has 1 aromatic rings. The molecule has 1 rings (SSSR count). The van der Waals surface area contributed by atoms with Crippen molar-refractivity contribution in [3.05, 3.63) is 29.0 Å². The van der Waals surface area contributed by atoms with Crippen LogP contribution < -0.4 is 5.32 Å². The van der Waals surface area contributed by atoms with Gasteiger partial charge in [-0.2, -0.15) is 0 Å². The third-order valence-corrected chi connectivity index (χ3v) is 1.90. The van der Waals surface area contributed by atoms with E-state index in [0.717, 1.165) is 0 Å². The van der Waals surface area contributed by atoms with Crippen LogP contribution in [0, 0.1) is 0 Å². The van der Waals surface area contributed by atoms with Gasteiger partial charge >= 0.3 is 5.97 Å². The largest absolute Gasteiger partial charge is 0.480 e. The van der Waals surface area contributed by atoms with Crippen molar-refractivity contribution in [3.8, 4) is 0 Å². The molecule has 0 saturated heterocycles.